The van der Waals surface area contributed by atoms with Crippen LogP contribution in [0.2, 0.25) is 0 Å². The van der Waals surface area contributed by atoms with Crippen molar-refractivity contribution in [2.45, 2.75) is 32.6 Å². The number of allylic oxidation sites excluding steroid dienone is 1. The van der Waals surface area contributed by atoms with Crippen molar-refractivity contribution in [3.05, 3.63) is 86.6 Å². The van der Waals surface area contributed by atoms with Crippen LogP contribution < -0.4 is 0 Å². The van der Waals surface area contributed by atoms with Crippen LogP contribution >= 0.6 is 0 Å². The molecule has 2 heterocycles. The summed E-state index contributed by atoms with van der Waals surface area (Å²) in [6.07, 6.45) is 0.781. The first-order valence-electron chi connectivity index (χ1n) is 12.4. The van der Waals surface area contributed by atoms with E-state index in [9.17, 15) is 29.3 Å². The molecule has 2 aromatic carbocycles. The molecule has 0 spiro atoms. The molecule has 0 aliphatic carbocycles. The highest BCUT2D eigenvalue weighted by Gasteiger charge is 2.42. The lowest BCUT2D eigenvalue weighted by Crippen LogP contribution is -2.36. The van der Waals surface area contributed by atoms with Gasteiger partial charge in [0.15, 0.2) is 0 Å². The van der Waals surface area contributed by atoms with Gasteiger partial charge in [0.25, 0.3) is 17.5 Å². The number of amides is 2. The van der Waals surface area contributed by atoms with E-state index < -0.39 is 28.7 Å². The summed E-state index contributed by atoms with van der Waals surface area (Å²) < 4.78 is 10.5. The lowest BCUT2D eigenvalue weighted by atomic mass is 9.75. The second kappa shape index (κ2) is 11.4. The summed E-state index contributed by atoms with van der Waals surface area (Å²) in [7, 11) is 1.22. The molecular formula is C28H27N3O8. The van der Waals surface area contributed by atoms with Crippen LogP contribution in [0.4, 0.5) is 5.69 Å². The third kappa shape index (κ3) is 5.33. The zero-order valence-electron chi connectivity index (χ0n) is 21.7. The van der Waals surface area contributed by atoms with Crippen LogP contribution in [-0.4, -0.2) is 59.5 Å². The first-order chi connectivity index (χ1) is 18.6. The Morgan fingerprint density at radius 3 is 2.31 bits per heavy atom. The fourth-order valence-corrected chi connectivity index (χ4v) is 4.98. The Balaban J connectivity index is 1.47. The quantitative estimate of drug-likeness (QED) is 0.155. The molecule has 2 unspecified atom stereocenters. The highest BCUT2D eigenvalue weighted by molar-refractivity contribution is 6.21. The van der Waals surface area contributed by atoms with Crippen molar-refractivity contribution >= 4 is 35.2 Å². The molecule has 0 fully saturated rings. The number of unbranched alkanes of at least 4 members (excludes halogenated alkanes) is 1. The normalized spacial score (nSPS) is 18.5. The van der Waals surface area contributed by atoms with E-state index in [4.69, 9.17) is 9.47 Å². The monoisotopic (exact) mass is 533 g/mol. The lowest BCUT2D eigenvalue weighted by Gasteiger charge is -2.31. The number of hydrogen-bond acceptors (Lipinski definition) is 9. The molecule has 39 heavy (non-hydrogen) atoms. The number of non-ortho nitro benzene ring substituents is 1. The minimum atomic E-state index is -0.975. The van der Waals surface area contributed by atoms with Crippen molar-refractivity contribution in [1.82, 2.24) is 4.90 Å². The van der Waals surface area contributed by atoms with Crippen LogP contribution in [0, 0.1) is 16.0 Å². The smallest absolute Gasteiger partial charge is 0.336 e. The molecule has 2 aliphatic rings. The van der Waals surface area contributed by atoms with Gasteiger partial charge in [-0.3, -0.25) is 34.4 Å². The minimum absolute atomic E-state index is 0.00791. The van der Waals surface area contributed by atoms with Gasteiger partial charge in [0.05, 0.1) is 35.3 Å². The molecule has 2 aliphatic heterocycles. The number of nitrogens with zero attached hydrogens (tertiary/aromatic N) is 3. The predicted octanol–water partition coefficient (Wildman–Crippen LogP) is 3.84. The summed E-state index contributed by atoms with van der Waals surface area (Å²) in [6, 6.07) is 12.4. The Morgan fingerprint density at radius 1 is 1.03 bits per heavy atom. The second-order valence-corrected chi connectivity index (χ2v) is 9.23. The summed E-state index contributed by atoms with van der Waals surface area (Å²) in [6.45, 7) is 3.42. The molecule has 2 atom stereocenters. The minimum Gasteiger partial charge on any atom is -0.468 e. The van der Waals surface area contributed by atoms with Gasteiger partial charge in [0, 0.05) is 36.0 Å². The summed E-state index contributed by atoms with van der Waals surface area (Å²) in [5.41, 5.74) is 1.79. The first-order valence-corrected chi connectivity index (χ1v) is 12.4. The van der Waals surface area contributed by atoms with E-state index in [2.05, 4.69) is 4.99 Å². The summed E-state index contributed by atoms with van der Waals surface area (Å²) >= 11 is 0. The van der Waals surface area contributed by atoms with Crippen molar-refractivity contribution < 1.29 is 33.6 Å². The van der Waals surface area contributed by atoms with Gasteiger partial charge in [-0.05, 0) is 44.4 Å². The van der Waals surface area contributed by atoms with Crippen molar-refractivity contribution in [3.8, 4) is 0 Å². The maximum atomic E-state index is 13.3. The fraction of sp³-hybridized carbons (Fsp3) is 0.321. The van der Waals surface area contributed by atoms with Gasteiger partial charge in [-0.15, -0.1) is 0 Å². The number of rotatable bonds is 9. The molecule has 11 heteroatoms. The van der Waals surface area contributed by atoms with Crippen molar-refractivity contribution in [1.29, 1.82) is 0 Å². The van der Waals surface area contributed by atoms with Gasteiger partial charge < -0.3 is 9.47 Å². The highest BCUT2D eigenvalue weighted by atomic mass is 16.6. The van der Waals surface area contributed by atoms with Crippen LogP contribution in [-0.2, 0) is 19.1 Å². The second-order valence-electron chi connectivity index (χ2n) is 9.23. The van der Waals surface area contributed by atoms with Crippen molar-refractivity contribution in [2.24, 2.45) is 10.9 Å². The molecule has 2 amide bonds. The standard InChI is InChI=1S/C28H27N3O8/c1-16-22(27(34)38-3)24(18-9-8-10-19(15-18)31(36)37)23(17(2)29-16)28(35)39-14-7-6-13-30-25(32)20-11-4-5-12-21(20)26(30)33/h4-5,8-12,15,22,24H,6-7,13-14H2,1-3H3. The average Bonchev–Trinajstić information content (AvgIpc) is 3.16. The number of ether oxygens (including phenoxy) is 2. The number of imide groups is 1. The number of carbonyl (C=O) groups excluding carboxylic acids is 4. The van der Waals surface area contributed by atoms with Crippen molar-refractivity contribution in [3.63, 3.8) is 0 Å². The van der Waals surface area contributed by atoms with Crippen LogP contribution in [0.3, 0.4) is 0 Å². The summed E-state index contributed by atoms with van der Waals surface area (Å²) in [4.78, 5) is 67.5. The highest BCUT2D eigenvalue weighted by Crippen LogP contribution is 2.41. The molecule has 0 N–H and O–H groups in total. The number of aliphatic imine (C=N–C) groups is 1. The number of carbonyl (C=O) groups is 4. The zero-order valence-corrected chi connectivity index (χ0v) is 21.7. The molecule has 0 bridgehead atoms. The number of methoxy groups -OCH3 is 1. The molecule has 11 nitrogen and oxygen atoms in total. The largest absolute Gasteiger partial charge is 0.468 e. The molecular weight excluding hydrogens is 506 g/mol. The SMILES string of the molecule is COC(=O)C1C(C)=NC(C)=C(C(=O)OCCCCN2C(=O)c3ccccc3C2=O)C1c1cccc([N+](=O)[O-])c1. The maximum Gasteiger partial charge on any atom is 0.336 e. The number of nitro groups is 1. The molecule has 0 saturated heterocycles. The molecule has 0 aromatic heterocycles. The Hall–Kier alpha value is -4.67. The van der Waals surface area contributed by atoms with Gasteiger partial charge in [0.1, 0.15) is 5.92 Å². The molecule has 2 aromatic rings. The molecule has 4 rings (SSSR count). The molecule has 0 radical (unpaired) electrons. The topological polar surface area (TPSA) is 145 Å². The van der Waals surface area contributed by atoms with Gasteiger partial charge >= 0.3 is 11.9 Å². The van der Waals surface area contributed by atoms with Gasteiger partial charge in [0.2, 0.25) is 0 Å². The molecule has 202 valence electrons. The van der Waals surface area contributed by atoms with E-state index in [1.54, 1.807) is 44.2 Å². The number of esters is 2. The predicted molar refractivity (Wildman–Crippen MR) is 139 cm³/mol. The van der Waals surface area contributed by atoms with Gasteiger partial charge in [-0.25, -0.2) is 4.79 Å². The zero-order chi connectivity index (χ0) is 28.3. The molecule has 0 saturated carbocycles. The van der Waals surface area contributed by atoms with Crippen molar-refractivity contribution in [2.75, 3.05) is 20.3 Å². The number of hydrogen-bond donors (Lipinski definition) is 0. The fourth-order valence-electron chi connectivity index (χ4n) is 4.98. The van der Waals surface area contributed by atoms with Crippen LogP contribution in [0.5, 0.6) is 0 Å². The number of fused-ring (bicyclic) bond motifs is 1. The van der Waals surface area contributed by atoms with Crippen LogP contribution in [0.25, 0.3) is 0 Å². The Bertz CT molecular complexity index is 1390. The summed E-state index contributed by atoms with van der Waals surface area (Å²) in [5, 5.41) is 11.4. The number of benzene rings is 2. The van der Waals surface area contributed by atoms with Crippen LogP contribution in [0.1, 0.15) is 58.9 Å². The van der Waals surface area contributed by atoms with E-state index in [0.29, 0.717) is 40.9 Å². The first kappa shape index (κ1) is 27.4. The van der Waals surface area contributed by atoms with Crippen LogP contribution in [0.15, 0.2) is 64.8 Å². The number of nitro benzene ring substituents is 1. The Labute approximate surface area is 224 Å². The third-order valence-corrected chi connectivity index (χ3v) is 6.83. The van der Waals surface area contributed by atoms with E-state index in [1.807, 2.05) is 0 Å². The Morgan fingerprint density at radius 2 is 1.69 bits per heavy atom. The lowest BCUT2D eigenvalue weighted by molar-refractivity contribution is -0.384. The Kier molecular flexibility index (Phi) is 7.99. The van der Waals surface area contributed by atoms with E-state index in [-0.39, 0.29) is 36.2 Å². The summed E-state index contributed by atoms with van der Waals surface area (Å²) in [5.74, 6) is -3.92. The van der Waals surface area contributed by atoms with Gasteiger partial charge in [-0.1, -0.05) is 24.3 Å². The van der Waals surface area contributed by atoms with Gasteiger partial charge in [-0.2, -0.15) is 0 Å². The van der Waals surface area contributed by atoms with E-state index >= 15 is 0 Å². The van der Waals surface area contributed by atoms with E-state index in [0.717, 1.165) is 0 Å². The maximum absolute atomic E-state index is 13.3. The van der Waals surface area contributed by atoms with E-state index in [1.165, 1.54) is 30.2 Å². The average molecular weight is 534 g/mol. The third-order valence-electron chi connectivity index (χ3n) is 6.83.